The maximum Gasteiger partial charge on any atom is 0.111 e. The second-order valence-corrected chi connectivity index (χ2v) is 14.6. The van der Waals surface area contributed by atoms with Gasteiger partial charge in [-0.25, -0.2) is 0 Å². The Kier molecular flexibility index (Phi) is 9.95. The lowest BCUT2D eigenvalue weighted by Crippen LogP contribution is -2.54. The molecule has 2 aliphatic carbocycles. The van der Waals surface area contributed by atoms with Crippen molar-refractivity contribution in [2.24, 2.45) is 5.73 Å². The van der Waals surface area contributed by atoms with Gasteiger partial charge in [-0.1, -0.05) is 141 Å². The average Bonchev–Trinajstić information content (AvgIpc) is 3.70. The van der Waals surface area contributed by atoms with E-state index in [0.717, 1.165) is 30.8 Å². The van der Waals surface area contributed by atoms with Crippen molar-refractivity contribution in [1.82, 2.24) is 20.1 Å². The summed E-state index contributed by atoms with van der Waals surface area (Å²) in [6.45, 7) is 7.87. The van der Waals surface area contributed by atoms with E-state index >= 15 is 0 Å². The van der Waals surface area contributed by atoms with Crippen LogP contribution in [0.25, 0.3) is 38.8 Å². The molecule has 5 nitrogen and oxygen atoms in total. The zero-order valence-electron chi connectivity index (χ0n) is 31.9. The standard InChI is InChI=1S/C47H45N5.C2H6/c1-47(35-20-10-5-11-21-35)40-24-14-12-22-36(40)38-28-39-37-23-13-15-25-42(37)52(43(39)29-41(38)47)44-27-26-34(30-49-44)45(48)50-46(33-18-8-4-9-19-33)51(2)31-32-16-6-3-7-17-32;1-2/h3-8,10-18,20-29,45-46,49-50H,9,19,30-31,48H2,1-2H3;1-2H3. The van der Waals surface area contributed by atoms with Gasteiger partial charge in [0.2, 0.25) is 0 Å². The van der Waals surface area contributed by atoms with Gasteiger partial charge >= 0.3 is 0 Å². The van der Waals surface area contributed by atoms with Gasteiger partial charge in [-0.15, -0.1) is 0 Å². The number of para-hydroxylation sites is 1. The number of nitrogens with zero attached hydrogens (tertiary/aromatic N) is 2. The molecule has 1 aliphatic heterocycles. The van der Waals surface area contributed by atoms with Crippen LogP contribution in [0.4, 0.5) is 0 Å². The number of benzene rings is 5. The van der Waals surface area contributed by atoms with E-state index in [-0.39, 0.29) is 17.7 Å². The summed E-state index contributed by atoms with van der Waals surface area (Å²) >= 11 is 0. The molecule has 5 heteroatoms. The van der Waals surface area contributed by atoms with Crippen LogP contribution in [0.1, 0.15) is 55.9 Å². The third-order valence-corrected chi connectivity index (χ3v) is 11.5. The number of rotatable bonds is 9. The van der Waals surface area contributed by atoms with E-state index in [0.29, 0.717) is 6.54 Å². The highest BCUT2D eigenvalue weighted by Crippen LogP contribution is 2.54. The molecule has 2 heterocycles. The third kappa shape index (κ3) is 6.22. The number of hydrogen-bond donors (Lipinski definition) is 3. The molecule has 4 N–H and O–H groups in total. The normalized spacial score (nSPS) is 18.5. The largest absolute Gasteiger partial charge is 0.367 e. The van der Waals surface area contributed by atoms with Gasteiger partial charge in [0.1, 0.15) is 5.82 Å². The minimum Gasteiger partial charge on any atom is -0.367 e. The van der Waals surface area contributed by atoms with Crippen LogP contribution < -0.4 is 16.4 Å². The predicted octanol–water partition coefficient (Wildman–Crippen LogP) is 10.1. The molecule has 272 valence electrons. The second kappa shape index (κ2) is 15.1. The maximum absolute atomic E-state index is 6.99. The quantitative estimate of drug-likeness (QED) is 0.131. The van der Waals surface area contributed by atoms with E-state index in [2.05, 4.69) is 186 Å². The average molecular weight is 710 g/mol. The van der Waals surface area contributed by atoms with Crippen molar-refractivity contribution >= 4 is 27.6 Å². The fraction of sp³-hybridized carbons (Fsp3) is 0.224. The summed E-state index contributed by atoms with van der Waals surface area (Å²) < 4.78 is 2.40. The molecule has 6 aromatic rings. The lowest BCUT2D eigenvalue weighted by molar-refractivity contribution is 0.211. The number of likely N-dealkylation sites (N-methyl/N-ethyl adjacent to an activating group) is 1. The Hall–Kier alpha value is -5.46. The van der Waals surface area contributed by atoms with Crippen LogP contribution in [0, 0.1) is 0 Å². The first-order chi connectivity index (χ1) is 26.5. The molecule has 3 atom stereocenters. The molecule has 0 radical (unpaired) electrons. The number of nitrogens with one attached hydrogen (secondary N) is 2. The molecular weight excluding hydrogens is 659 g/mol. The van der Waals surface area contributed by atoms with Gasteiger partial charge in [-0.2, -0.15) is 0 Å². The Morgan fingerprint density at radius 2 is 1.48 bits per heavy atom. The van der Waals surface area contributed by atoms with Crippen molar-refractivity contribution in [1.29, 1.82) is 0 Å². The summed E-state index contributed by atoms with van der Waals surface area (Å²) in [5, 5.41) is 10.1. The molecular formula is C49H51N5. The number of allylic oxidation sites excluding steroid dienone is 5. The Morgan fingerprint density at radius 3 is 2.22 bits per heavy atom. The Morgan fingerprint density at radius 1 is 0.759 bits per heavy atom. The van der Waals surface area contributed by atoms with Gasteiger partial charge in [0.05, 0.1) is 23.4 Å². The molecule has 0 amide bonds. The molecule has 1 aromatic heterocycles. The van der Waals surface area contributed by atoms with Gasteiger partial charge in [0.25, 0.3) is 0 Å². The number of hydrogen-bond acceptors (Lipinski definition) is 4. The minimum atomic E-state index is -0.313. The van der Waals surface area contributed by atoms with Gasteiger partial charge in [0.15, 0.2) is 0 Å². The first-order valence-electron chi connectivity index (χ1n) is 19.5. The first kappa shape index (κ1) is 35.6. The molecule has 9 rings (SSSR count). The van der Waals surface area contributed by atoms with Gasteiger partial charge < -0.3 is 11.1 Å². The number of aromatic nitrogens is 1. The first-order valence-corrected chi connectivity index (χ1v) is 19.5. The Labute approximate surface area is 320 Å². The SMILES string of the molecule is CC.CN(Cc1ccccc1)C(NC(N)C1=CC=C(n2c3ccccc3c3cc4c(cc32)C(C)(c2ccccc2)c2ccccc2-4)NC1)C1=CC=CCC1. The zero-order chi connectivity index (χ0) is 37.2. The molecule has 0 saturated heterocycles. The highest BCUT2D eigenvalue weighted by atomic mass is 15.3. The van der Waals surface area contributed by atoms with Crippen LogP contribution in [-0.2, 0) is 12.0 Å². The van der Waals surface area contributed by atoms with Gasteiger partial charge in [-0.3, -0.25) is 14.8 Å². The molecule has 3 aliphatic rings. The second-order valence-electron chi connectivity index (χ2n) is 14.6. The summed E-state index contributed by atoms with van der Waals surface area (Å²) in [5.74, 6) is 1.05. The molecule has 54 heavy (non-hydrogen) atoms. The van der Waals surface area contributed by atoms with Gasteiger partial charge in [0, 0.05) is 29.3 Å². The monoisotopic (exact) mass is 709 g/mol. The minimum absolute atomic E-state index is 0.0221. The fourth-order valence-corrected chi connectivity index (χ4v) is 8.76. The maximum atomic E-state index is 6.99. The van der Waals surface area contributed by atoms with Crippen molar-refractivity contribution in [3.05, 3.63) is 185 Å². The number of fused-ring (bicyclic) bond motifs is 6. The van der Waals surface area contributed by atoms with E-state index < -0.39 is 0 Å². The van der Waals surface area contributed by atoms with Crippen molar-refractivity contribution < 1.29 is 0 Å². The summed E-state index contributed by atoms with van der Waals surface area (Å²) in [5.41, 5.74) is 19.5. The molecule has 0 fully saturated rings. The van der Waals surface area contributed by atoms with E-state index in [1.807, 2.05) is 13.8 Å². The molecule has 0 saturated carbocycles. The smallest absolute Gasteiger partial charge is 0.111 e. The lowest BCUT2D eigenvalue weighted by Gasteiger charge is -2.35. The van der Waals surface area contributed by atoms with Crippen molar-refractivity contribution in [2.75, 3.05) is 13.6 Å². The Bertz CT molecular complexity index is 2420. The van der Waals surface area contributed by atoms with Crippen molar-refractivity contribution in [3.63, 3.8) is 0 Å². The fourth-order valence-electron chi connectivity index (χ4n) is 8.76. The van der Waals surface area contributed by atoms with E-state index in [4.69, 9.17) is 5.73 Å². The van der Waals surface area contributed by atoms with Crippen LogP contribution in [-0.4, -0.2) is 35.4 Å². The lowest BCUT2D eigenvalue weighted by atomic mass is 9.74. The Balaban J connectivity index is 0.00000203. The summed E-state index contributed by atoms with van der Waals surface area (Å²) in [6.07, 6.45) is 12.9. The number of nitrogens with two attached hydrogens (primary N) is 1. The van der Waals surface area contributed by atoms with Crippen LogP contribution >= 0.6 is 0 Å². The van der Waals surface area contributed by atoms with Crippen LogP contribution in [0.2, 0.25) is 0 Å². The molecule has 5 aromatic carbocycles. The molecule has 0 spiro atoms. The van der Waals surface area contributed by atoms with Gasteiger partial charge in [-0.05, 0) is 95.6 Å². The summed E-state index contributed by atoms with van der Waals surface area (Å²) in [6, 6.07) is 44.2. The van der Waals surface area contributed by atoms with E-state index in [1.54, 1.807) is 0 Å². The van der Waals surface area contributed by atoms with E-state index in [9.17, 15) is 0 Å². The molecule has 0 bridgehead atoms. The molecule has 3 unspecified atom stereocenters. The topological polar surface area (TPSA) is 58.2 Å². The predicted molar refractivity (Wildman–Crippen MR) is 228 cm³/mol. The van der Waals surface area contributed by atoms with Crippen LogP contribution in [0.15, 0.2) is 163 Å². The summed E-state index contributed by atoms with van der Waals surface area (Å²) in [4.78, 5) is 2.37. The van der Waals surface area contributed by atoms with Crippen LogP contribution in [0.5, 0.6) is 0 Å². The van der Waals surface area contributed by atoms with Crippen molar-refractivity contribution in [2.45, 2.75) is 57.9 Å². The third-order valence-electron chi connectivity index (χ3n) is 11.5. The zero-order valence-corrected chi connectivity index (χ0v) is 31.9. The highest BCUT2D eigenvalue weighted by molar-refractivity contribution is 6.12. The number of dihydropyridines is 1. The van der Waals surface area contributed by atoms with E-state index in [1.165, 1.54) is 60.8 Å². The highest BCUT2D eigenvalue weighted by Gasteiger charge is 2.41. The van der Waals surface area contributed by atoms with Crippen LogP contribution in [0.3, 0.4) is 0 Å². The summed E-state index contributed by atoms with van der Waals surface area (Å²) in [7, 11) is 2.18. The van der Waals surface area contributed by atoms with Crippen molar-refractivity contribution in [3.8, 4) is 11.1 Å².